The number of ether oxygens (including phenoxy) is 1. The van der Waals surface area contributed by atoms with Gasteiger partial charge in [0.15, 0.2) is 6.61 Å². The van der Waals surface area contributed by atoms with E-state index >= 15 is 0 Å². The number of carbonyl (C=O) groups excluding carboxylic acids is 2. The molecule has 0 aliphatic carbocycles. The molecular formula is C20H18N2O3S2. The summed E-state index contributed by atoms with van der Waals surface area (Å²) < 4.78 is 5.19. The van der Waals surface area contributed by atoms with Gasteiger partial charge in [0.2, 0.25) is 0 Å². The van der Waals surface area contributed by atoms with Crippen LogP contribution >= 0.6 is 22.7 Å². The van der Waals surface area contributed by atoms with Crippen molar-refractivity contribution in [3.8, 4) is 9.88 Å². The van der Waals surface area contributed by atoms with Crippen molar-refractivity contribution in [2.24, 2.45) is 0 Å². The molecule has 2 aromatic heterocycles. The standard InChI is InChI=1S/C20H18N2O3S2/c23-18(22-8-7-14-4-1-2-5-15(14)11-22)12-25-19(24)10-16-13-27-20(21-16)17-6-3-9-26-17/h1-6,9,13H,7-8,10-12H2. The fraction of sp³-hybridized carbons (Fsp3) is 0.250. The fourth-order valence-electron chi connectivity index (χ4n) is 3.04. The van der Waals surface area contributed by atoms with E-state index < -0.39 is 5.97 Å². The third-order valence-corrected chi connectivity index (χ3v) is 6.38. The minimum atomic E-state index is -0.427. The van der Waals surface area contributed by atoms with Crippen molar-refractivity contribution in [1.29, 1.82) is 0 Å². The summed E-state index contributed by atoms with van der Waals surface area (Å²) >= 11 is 3.12. The second kappa shape index (κ2) is 8.02. The van der Waals surface area contributed by atoms with Crippen molar-refractivity contribution in [3.05, 3.63) is 64.0 Å². The molecule has 1 aromatic carbocycles. The molecule has 0 atom stereocenters. The molecule has 0 N–H and O–H groups in total. The van der Waals surface area contributed by atoms with Crippen LogP contribution in [0.4, 0.5) is 0 Å². The molecule has 0 unspecified atom stereocenters. The number of nitrogens with zero attached hydrogens (tertiary/aromatic N) is 2. The topological polar surface area (TPSA) is 59.5 Å². The van der Waals surface area contributed by atoms with Gasteiger partial charge in [0.1, 0.15) is 5.01 Å². The number of hydrogen-bond donors (Lipinski definition) is 0. The zero-order valence-corrected chi connectivity index (χ0v) is 16.2. The molecule has 0 spiro atoms. The minimum absolute atomic E-state index is 0.0813. The highest BCUT2D eigenvalue weighted by Gasteiger charge is 2.21. The Balaban J connectivity index is 1.28. The molecule has 4 rings (SSSR count). The lowest BCUT2D eigenvalue weighted by molar-refractivity contribution is -0.151. The summed E-state index contributed by atoms with van der Waals surface area (Å²) in [6.07, 6.45) is 0.915. The molecule has 0 bridgehead atoms. The van der Waals surface area contributed by atoms with Gasteiger partial charge >= 0.3 is 5.97 Å². The number of rotatable bonds is 5. The van der Waals surface area contributed by atoms with Gasteiger partial charge in [-0.25, -0.2) is 4.98 Å². The zero-order chi connectivity index (χ0) is 18.6. The number of benzene rings is 1. The molecule has 3 aromatic rings. The normalized spacial score (nSPS) is 13.3. The average molecular weight is 399 g/mol. The first-order valence-electron chi connectivity index (χ1n) is 8.67. The Morgan fingerprint density at radius 3 is 2.78 bits per heavy atom. The number of fused-ring (bicyclic) bond motifs is 1. The smallest absolute Gasteiger partial charge is 0.312 e. The van der Waals surface area contributed by atoms with E-state index in [4.69, 9.17) is 4.74 Å². The first-order valence-corrected chi connectivity index (χ1v) is 10.4. The van der Waals surface area contributed by atoms with Crippen LogP contribution < -0.4 is 0 Å². The molecule has 5 nitrogen and oxygen atoms in total. The highest BCUT2D eigenvalue weighted by atomic mass is 32.1. The molecule has 1 aliphatic rings. The highest BCUT2D eigenvalue weighted by molar-refractivity contribution is 7.20. The molecule has 0 saturated carbocycles. The lowest BCUT2D eigenvalue weighted by Gasteiger charge is -2.28. The SMILES string of the molecule is O=C(Cc1csc(-c2cccs2)n1)OCC(=O)N1CCc2ccccc2C1. The Hall–Kier alpha value is -2.51. The van der Waals surface area contributed by atoms with E-state index in [0.717, 1.165) is 21.9 Å². The van der Waals surface area contributed by atoms with Crippen molar-refractivity contribution in [2.75, 3.05) is 13.2 Å². The van der Waals surface area contributed by atoms with Crippen LogP contribution in [0.25, 0.3) is 9.88 Å². The molecule has 27 heavy (non-hydrogen) atoms. The van der Waals surface area contributed by atoms with Crippen LogP contribution in [-0.2, 0) is 33.7 Å². The summed E-state index contributed by atoms with van der Waals surface area (Å²) in [5.41, 5.74) is 3.11. The van der Waals surface area contributed by atoms with Crippen LogP contribution in [0.5, 0.6) is 0 Å². The van der Waals surface area contributed by atoms with Gasteiger partial charge in [-0.1, -0.05) is 30.3 Å². The Morgan fingerprint density at radius 1 is 1.11 bits per heavy atom. The number of thiophene rings is 1. The fourth-order valence-corrected chi connectivity index (χ4v) is 4.68. The Kier molecular flexibility index (Phi) is 5.31. The summed E-state index contributed by atoms with van der Waals surface area (Å²) in [6.45, 7) is 1.01. The Bertz CT molecular complexity index is 950. The van der Waals surface area contributed by atoms with Gasteiger partial charge in [-0.2, -0.15) is 0 Å². The van der Waals surface area contributed by atoms with Gasteiger partial charge in [0.25, 0.3) is 5.91 Å². The number of carbonyl (C=O) groups is 2. The van der Waals surface area contributed by atoms with Gasteiger partial charge in [0.05, 0.1) is 17.0 Å². The van der Waals surface area contributed by atoms with E-state index in [1.807, 2.05) is 41.1 Å². The molecular weight excluding hydrogens is 380 g/mol. The van der Waals surface area contributed by atoms with E-state index in [-0.39, 0.29) is 18.9 Å². The van der Waals surface area contributed by atoms with E-state index in [0.29, 0.717) is 18.8 Å². The van der Waals surface area contributed by atoms with E-state index in [1.54, 1.807) is 16.2 Å². The first kappa shape index (κ1) is 17.9. The van der Waals surface area contributed by atoms with Crippen molar-refractivity contribution in [1.82, 2.24) is 9.88 Å². The summed E-state index contributed by atoms with van der Waals surface area (Å²) in [5.74, 6) is -0.584. The van der Waals surface area contributed by atoms with Crippen LogP contribution in [0.3, 0.4) is 0 Å². The number of thiazole rings is 1. The summed E-state index contributed by atoms with van der Waals surface area (Å²) in [6, 6.07) is 12.1. The Morgan fingerprint density at radius 2 is 1.96 bits per heavy atom. The molecule has 138 valence electrons. The molecule has 3 heterocycles. The second-order valence-corrected chi connectivity index (χ2v) is 8.10. The van der Waals surface area contributed by atoms with Crippen LogP contribution in [0.2, 0.25) is 0 Å². The maximum atomic E-state index is 12.4. The summed E-state index contributed by atoms with van der Waals surface area (Å²) in [5, 5.41) is 4.76. The van der Waals surface area contributed by atoms with Crippen molar-refractivity contribution >= 4 is 34.6 Å². The monoisotopic (exact) mass is 398 g/mol. The van der Waals surface area contributed by atoms with Gasteiger partial charge in [-0.05, 0) is 29.0 Å². The van der Waals surface area contributed by atoms with Crippen LogP contribution in [0, 0.1) is 0 Å². The molecule has 1 aliphatic heterocycles. The van der Waals surface area contributed by atoms with Gasteiger partial charge in [0, 0.05) is 18.5 Å². The summed E-state index contributed by atoms with van der Waals surface area (Å²) in [4.78, 5) is 31.7. The third kappa shape index (κ3) is 4.26. The Labute approximate surface area is 165 Å². The van der Waals surface area contributed by atoms with Crippen molar-refractivity contribution in [3.63, 3.8) is 0 Å². The van der Waals surface area contributed by atoms with E-state index in [9.17, 15) is 9.59 Å². The van der Waals surface area contributed by atoms with E-state index in [1.165, 1.54) is 16.9 Å². The highest BCUT2D eigenvalue weighted by Crippen LogP contribution is 2.28. The van der Waals surface area contributed by atoms with Gasteiger partial charge in [-0.3, -0.25) is 9.59 Å². The van der Waals surface area contributed by atoms with Gasteiger partial charge < -0.3 is 9.64 Å². The number of amides is 1. The largest absolute Gasteiger partial charge is 0.455 e. The first-order chi connectivity index (χ1) is 13.2. The molecule has 0 fully saturated rings. The van der Waals surface area contributed by atoms with E-state index in [2.05, 4.69) is 11.1 Å². The predicted octanol–water partition coefficient (Wildman–Crippen LogP) is 3.54. The molecule has 1 amide bonds. The van der Waals surface area contributed by atoms with Crippen molar-refractivity contribution in [2.45, 2.75) is 19.4 Å². The van der Waals surface area contributed by atoms with Crippen LogP contribution in [0.15, 0.2) is 47.2 Å². The number of aromatic nitrogens is 1. The predicted molar refractivity (Wildman–Crippen MR) is 106 cm³/mol. The minimum Gasteiger partial charge on any atom is -0.455 e. The number of esters is 1. The molecule has 0 saturated heterocycles. The second-order valence-electron chi connectivity index (χ2n) is 6.29. The van der Waals surface area contributed by atoms with Crippen LogP contribution in [-0.4, -0.2) is 34.9 Å². The quantitative estimate of drug-likeness (QED) is 0.617. The lowest BCUT2D eigenvalue weighted by atomic mass is 10.00. The lowest BCUT2D eigenvalue weighted by Crippen LogP contribution is -2.38. The maximum Gasteiger partial charge on any atom is 0.312 e. The average Bonchev–Trinajstić information content (AvgIpc) is 3.37. The number of hydrogen-bond acceptors (Lipinski definition) is 6. The maximum absolute atomic E-state index is 12.4. The van der Waals surface area contributed by atoms with Gasteiger partial charge in [-0.15, -0.1) is 22.7 Å². The molecule has 0 radical (unpaired) electrons. The van der Waals surface area contributed by atoms with Crippen molar-refractivity contribution < 1.29 is 14.3 Å². The summed E-state index contributed by atoms with van der Waals surface area (Å²) in [7, 11) is 0. The van der Waals surface area contributed by atoms with Crippen LogP contribution in [0.1, 0.15) is 16.8 Å². The molecule has 7 heteroatoms. The zero-order valence-electron chi connectivity index (χ0n) is 14.6. The third-order valence-electron chi connectivity index (χ3n) is 4.45.